The van der Waals surface area contributed by atoms with Crippen LogP contribution in [0.5, 0.6) is 0 Å². The molecule has 4 fully saturated rings. The number of aliphatic hydroxyl groups is 2. The SMILES string of the molecule is COC(=O)C1(C)CCC2(C(=O)O)CCC3(C)C(=CCC4C5(C)CC(O)C(O)C(C)(C(=O)OC)C5CCC43C)C2C1. The predicted molar refractivity (Wildman–Crippen MR) is 147 cm³/mol. The monoisotopic (exact) mass is 560 g/mol. The van der Waals surface area contributed by atoms with E-state index in [9.17, 15) is 29.7 Å². The van der Waals surface area contributed by atoms with Crippen LogP contribution >= 0.6 is 0 Å². The molecule has 3 N–H and O–H groups in total. The van der Waals surface area contributed by atoms with Gasteiger partial charge in [0.25, 0.3) is 0 Å². The number of aliphatic carboxylic acids is 1. The maximum Gasteiger partial charge on any atom is 0.314 e. The quantitative estimate of drug-likeness (QED) is 0.340. The lowest BCUT2D eigenvalue weighted by Crippen LogP contribution is -2.69. The normalized spacial score (nSPS) is 51.6. The van der Waals surface area contributed by atoms with Crippen LogP contribution in [0.25, 0.3) is 0 Å². The van der Waals surface area contributed by atoms with E-state index in [0.29, 0.717) is 44.9 Å². The Morgan fingerprint density at radius 1 is 0.850 bits per heavy atom. The zero-order valence-electron chi connectivity index (χ0n) is 25.2. The van der Waals surface area contributed by atoms with E-state index in [-0.39, 0.29) is 34.6 Å². The van der Waals surface area contributed by atoms with Gasteiger partial charge in [-0.25, -0.2) is 0 Å². The Morgan fingerprint density at radius 3 is 2.08 bits per heavy atom. The number of fused-ring (bicyclic) bond motifs is 7. The highest BCUT2D eigenvalue weighted by atomic mass is 16.5. The first-order valence-corrected chi connectivity index (χ1v) is 15.0. The first kappa shape index (κ1) is 29.6. The Bertz CT molecular complexity index is 1150. The molecule has 0 radical (unpaired) electrons. The molecule has 5 rings (SSSR count). The third-order valence-corrected chi connectivity index (χ3v) is 13.8. The Balaban J connectivity index is 1.61. The number of aliphatic hydroxyl groups excluding tert-OH is 2. The fourth-order valence-corrected chi connectivity index (χ4v) is 11.2. The molecule has 0 saturated heterocycles. The van der Waals surface area contributed by atoms with Gasteiger partial charge in [0.15, 0.2) is 0 Å². The van der Waals surface area contributed by atoms with Crippen molar-refractivity contribution < 1.29 is 39.2 Å². The summed E-state index contributed by atoms with van der Waals surface area (Å²) < 4.78 is 10.4. The largest absolute Gasteiger partial charge is 0.481 e. The van der Waals surface area contributed by atoms with Crippen LogP contribution < -0.4 is 0 Å². The number of carbonyl (C=O) groups is 3. The highest BCUT2D eigenvalue weighted by molar-refractivity contribution is 5.80. The van der Waals surface area contributed by atoms with Crippen LogP contribution in [0.1, 0.15) is 92.4 Å². The van der Waals surface area contributed by atoms with Crippen LogP contribution in [0.3, 0.4) is 0 Å². The standard InChI is InChI=1S/C32H48O8/c1-27(25(37)39-6)12-14-32(24(35)36)15-13-29(3)18(19(32)16-27)8-9-21-28(2)17-20(33)23(34)31(5,26(38)40-7)22(28)10-11-30(21,29)4/h8,19-23,33-34H,9-17H2,1-7H3,(H,35,36). The van der Waals surface area contributed by atoms with Crippen LogP contribution in [-0.2, 0) is 23.9 Å². The summed E-state index contributed by atoms with van der Waals surface area (Å²) in [6, 6.07) is 0. The summed E-state index contributed by atoms with van der Waals surface area (Å²) in [5, 5.41) is 32.9. The molecule has 0 amide bonds. The summed E-state index contributed by atoms with van der Waals surface area (Å²) in [5.41, 5.74) is -2.62. The van der Waals surface area contributed by atoms with Crippen molar-refractivity contribution in [2.24, 2.45) is 50.2 Å². The molecule has 11 unspecified atom stereocenters. The zero-order chi connectivity index (χ0) is 29.7. The molecule has 11 atom stereocenters. The number of rotatable bonds is 3. The van der Waals surface area contributed by atoms with Crippen molar-refractivity contribution in [1.82, 2.24) is 0 Å². The number of esters is 2. The predicted octanol–water partition coefficient (Wildman–Crippen LogP) is 4.51. The highest BCUT2D eigenvalue weighted by Gasteiger charge is 2.72. The molecule has 0 spiro atoms. The van der Waals surface area contributed by atoms with E-state index in [2.05, 4.69) is 26.8 Å². The molecule has 8 heteroatoms. The molecule has 0 aliphatic heterocycles. The smallest absolute Gasteiger partial charge is 0.314 e. The summed E-state index contributed by atoms with van der Waals surface area (Å²) in [5.74, 6) is -1.83. The van der Waals surface area contributed by atoms with Gasteiger partial charge in [0.2, 0.25) is 0 Å². The molecular weight excluding hydrogens is 512 g/mol. The number of hydrogen-bond acceptors (Lipinski definition) is 7. The third-order valence-electron chi connectivity index (χ3n) is 13.8. The number of ether oxygens (including phenoxy) is 2. The van der Waals surface area contributed by atoms with Gasteiger partial charge in [0, 0.05) is 0 Å². The van der Waals surface area contributed by atoms with Gasteiger partial charge in [-0.05, 0) is 106 Å². The molecule has 0 bridgehead atoms. The van der Waals surface area contributed by atoms with Gasteiger partial charge < -0.3 is 24.8 Å². The molecule has 8 nitrogen and oxygen atoms in total. The molecule has 40 heavy (non-hydrogen) atoms. The molecular formula is C32H48O8. The van der Waals surface area contributed by atoms with Crippen molar-refractivity contribution in [3.05, 3.63) is 11.6 Å². The minimum Gasteiger partial charge on any atom is -0.481 e. The number of carbonyl (C=O) groups excluding carboxylic acids is 2. The van der Waals surface area contributed by atoms with E-state index in [4.69, 9.17) is 9.47 Å². The summed E-state index contributed by atoms with van der Waals surface area (Å²) in [6.45, 7) is 10.5. The van der Waals surface area contributed by atoms with Crippen molar-refractivity contribution in [2.75, 3.05) is 14.2 Å². The van der Waals surface area contributed by atoms with Gasteiger partial charge in [-0.1, -0.05) is 32.4 Å². The van der Waals surface area contributed by atoms with Gasteiger partial charge in [0.05, 0.1) is 42.7 Å². The number of carboxylic acids is 1. The van der Waals surface area contributed by atoms with Crippen molar-refractivity contribution in [2.45, 2.75) is 105 Å². The number of hydrogen-bond donors (Lipinski definition) is 3. The lowest BCUT2D eigenvalue weighted by molar-refractivity contribution is -0.241. The summed E-state index contributed by atoms with van der Waals surface area (Å²) in [6.07, 6.45) is 5.35. The fourth-order valence-electron chi connectivity index (χ4n) is 11.2. The maximum absolute atomic E-state index is 13.2. The Morgan fingerprint density at radius 2 is 1.48 bits per heavy atom. The lowest BCUT2D eigenvalue weighted by Gasteiger charge is -2.71. The van der Waals surface area contributed by atoms with Crippen molar-refractivity contribution in [3.63, 3.8) is 0 Å². The van der Waals surface area contributed by atoms with E-state index >= 15 is 0 Å². The van der Waals surface area contributed by atoms with E-state index in [0.717, 1.165) is 12.8 Å². The minimum absolute atomic E-state index is 0.117. The van der Waals surface area contributed by atoms with Crippen LogP contribution in [0.15, 0.2) is 11.6 Å². The number of allylic oxidation sites excluding steroid dienone is 2. The second-order valence-corrected chi connectivity index (χ2v) is 15.1. The molecule has 5 aliphatic rings. The van der Waals surface area contributed by atoms with Crippen LogP contribution in [0.2, 0.25) is 0 Å². The Hall–Kier alpha value is -1.93. The van der Waals surface area contributed by atoms with E-state index in [1.165, 1.54) is 19.8 Å². The molecule has 0 aromatic carbocycles. The Labute approximate surface area is 237 Å². The number of carboxylic acid groups (broad SMARTS) is 1. The van der Waals surface area contributed by atoms with Crippen molar-refractivity contribution in [1.29, 1.82) is 0 Å². The average molecular weight is 561 g/mol. The molecule has 5 aliphatic carbocycles. The maximum atomic E-state index is 13.2. The topological polar surface area (TPSA) is 130 Å². The van der Waals surface area contributed by atoms with Gasteiger partial charge in [-0.2, -0.15) is 0 Å². The van der Waals surface area contributed by atoms with Crippen LogP contribution in [0.4, 0.5) is 0 Å². The second kappa shape index (κ2) is 9.03. The molecule has 0 heterocycles. The van der Waals surface area contributed by atoms with E-state index in [1.54, 1.807) is 6.92 Å². The zero-order valence-corrected chi connectivity index (χ0v) is 25.2. The molecule has 0 aromatic heterocycles. The van der Waals surface area contributed by atoms with Crippen LogP contribution in [0, 0.1) is 50.2 Å². The first-order valence-electron chi connectivity index (χ1n) is 15.0. The summed E-state index contributed by atoms with van der Waals surface area (Å²) >= 11 is 0. The Kier molecular flexibility index (Phi) is 6.68. The van der Waals surface area contributed by atoms with Crippen molar-refractivity contribution in [3.8, 4) is 0 Å². The van der Waals surface area contributed by atoms with Gasteiger partial charge >= 0.3 is 17.9 Å². The molecule has 4 saturated carbocycles. The fraction of sp³-hybridized carbons (Fsp3) is 0.844. The molecule has 224 valence electrons. The minimum atomic E-state index is -1.22. The van der Waals surface area contributed by atoms with Gasteiger partial charge in [-0.15, -0.1) is 0 Å². The third kappa shape index (κ3) is 3.41. The van der Waals surface area contributed by atoms with E-state index < -0.39 is 45.8 Å². The van der Waals surface area contributed by atoms with E-state index in [1.807, 2.05) is 6.92 Å². The van der Waals surface area contributed by atoms with Gasteiger partial charge in [0.1, 0.15) is 0 Å². The lowest BCUT2D eigenvalue weighted by atomic mass is 9.33. The molecule has 0 aromatic rings. The van der Waals surface area contributed by atoms with Crippen molar-refractivity contribution >= 4 is 17.9 Å². The second-order valence-electron chi connectivity index (χ2n) is 15.1. The van der Waals surface area contributed by atoms with Gasteiger partial charge in [-0.3, -0.25) is 14.4 Å². The summed E-state index contributed by atoms with van der Waals surface area (Å²) in [4.78, 5) is 39.0. The first-order chi connectivity index (χ1) is 18.5. The highest BCUT2D eigenvalue weighted by Crippen LogP contribution is 2.75. The average Bonchev–Trinajstić information content (AvgIpc) is 2.90. The number of methoxy groups -OCH3 is 2. The van der Waals surface area contributed by atoms with Crippen LogP contribution in [-0.4, -0.2) is 59.7 Å². The summed E-state index contributed by atoms with van der Waals surface area (Å²) in [7, 11) is 2.74.